The number of carbonyl (C=O) groups excluding carboxylic acids is 2. The summed E-state index contributed by atoms with van der Waals surface area (Å²) in [6.45, 7) is 6.74. The van der Waals surface area contributed by atoms with Crippen LogP contribution in [0.25, 0.3) is 11.3 Å². The summed E-state index contributed by atoms with van der Waals surface area (Å²) in [7, 11) is 0. The molecule has 0 saturated carbocycles. The Morgan fingerprint density at radius 1 is 0.721 bits per heavy atom. The Morgan fingerprint density at radius 2 is 1.35 bits per heavy atom. The highest BCUT2D eigenvalue weighted by Gasteiger charge is 2.10. The van der Waals surface area contributed by atoms with Crippen LogP contribution < -0.4 is 9.47 Å². The van der Waals surface area contributed by atoms with Crippen molar-refractivity contribution in [3.63, 3.8) is 0 Å². The van der Waals surface area contributed by atoms with Crippen molar-refractivity contribution in [1.29, 1.82) is 0 Å². The molecule has 3 aromatic rings. The molecule has 230 valence electrons. The van der Waals surface area contributed by atoms with E-state index in [-0.39, 0.29) is 5.97 Å². The average molecular weight is 586 g/mol. The van der Waals surface area contributed by atoms with Crippen LogP contribution in [-0.2, 0) is 16.0 Å². The summed E-state index contributed by atoms with van der Waals surface area (Å²) < 4.78 is 16.4. The minimum atomic E-state index is -0.400. The van der Waals surface area contributed by atoms with E-state index in [1.165, 1.54) is 56.6 Å². The van der Waals surface area contributed by atoms with Gasteiger partial charge >= 0.3 is 11.9 Å². The number of unbranched alkanes of at least 4 members (excludes halogenated alkanes) is 10. The molecule has 0 atom stereocenters. The highest BCUT2D eigenvalue weighted by atomic mass is 16.5. The van der Waals surface area contributed by atoms with E-state index in [0.29, 0.717) is 24.5 Å². The van der Waals surface area contributed by atoms with Crippen molar-refractivity contribution in [3.8, 4) is 22.8 Å². The molecule has 43 heavy (non-hydrogen) atoms. The van der Waals surface area contributed by atoms with Crippen molar-refractivity contribution in [2.45, 2.75) is 90.4 Å². The summed E-state index contributed by atoms with van der Waals surface area (Å²) in [6, 6.07) is 18.7. The Balaban J connectivity index is 1.29. The Bertz CT molecular complexity index is 1220. The SMILES string of the molecule is C=CC(=O)OCCCCCCCCCCOc1ccc(C(=O)Oc2ccc(-c3ccc(CCCCCC)cn3)cc2)cc1. The third-order valence-corrected chi connectivity index (χ3v) is 7.31. The number of rotatable bonds is 21. The molecule has 0 radical (unpaired) electrons. The third-order valence-electron chi connectivity index (χ3n) is 7.31. The summed E-state index contributed by atoms with van der Waals surface area (Å²) in [5.74, 6) is 0.497. The van der Waals surface area contributed by atoms with Gasteiger partial charge in [-0.05, 0) is 85.8 Å². The summed E-state index contributed by atoms with van der Waals surface area (Å²) >= 11 is 0. The van der Waals surface area contributed by atoms with E-state index < -0.39 is 5.97 Å². The van der Waals surface area contributed by atoms with Gasteiger partial charge in [-0.2, -0.15) is 0 Å². The molecule has 0 aliphatic rings. The van der Waals surface area contributed by atoms with Gasteiger partial charge in [0.25, 0.3) is 0 Å². The molecule has 0 amide bonds. The van der Waals surface area contributed by atoms with Gasteiger partial charge in [-0.25, -0.2) is 9.59 Å². The Morgan fingerprint density at radius 3 is 1.98 bits per heavy atom. The topological polar surface area (TPSA) is 74.7 Å². The van der Waals surface area contributed by atoms with Gasteiger partial charge in [0.15, 0.2) is 0 Å². The van der Waals surface area contributed by atoms with Gasteiger partial charge in [-0.15, -0.1) is 0 Å². The van der Waals surface area contributed by atoms with Crippen LogP contribution in [0, 0.1) is 0 Å². The molecule has 3 rings (SSSR count). The van der Waals surface area contributed by atoms with Crippen LogP contribution in [0.5, 0.6) is 11.5 Å². The van der Waals surface area contributed by atoms with Gasteiger partial charge in [0.2, 0.25) is 0 Å². The number of carbonyl (C=O) groups is 2. The summed E-state index contributed by atoms with van der Waals surface area (Å²) in [6.07, 6.45) is 18.1. The molecule has 0 bridgehead atoms. The van der Waals surface area contributed by atoms with Crippen LogP contribution in [0.2, 0.25) is 0 Å². The number of aromatic nitrogens is 1. The van der Waals surface area contributed by atoms with E-state index in [1.54, 1.807) is 24.3 Å². The van der Waals surface area contributed by atoms with Crippen molar-refractivity contribution < 1.29 is 23.8 Å². The molecule has 6 heteroatoms. The molecular weight excluding hydrogens is 538 g/mol. The number of nitrogens with zero attached hydrogens (tertiary/aromatic N) is 1. The Hall–Kier alpha value is -3.93. The first-order valence-corrected chi connectivity index (χ1v) is 15.9. The van der Waals surface area contributed by atoms with Crippen LogP contribution >= 0.6 is 0 Å². The van der Waals surface area contributed by atoms with Gasteiger partial charge in [-0.1, -0.05) is 77.4 Å². The fourth-order valence-corrected chi connectivity index (χ4v) is 4.73. The van der Waals surface area contributed by atoms with Gasteiger partial charge in [0.1, 0.15) is 11.5 Å². The maximum Gasteiger partial charge on any atom is 0.343 e. The van der Waals surface area contributed by atoms with Crippen LogP contribution in [0.1, 0.15) is 99.9 Å². The minimum Gasteiger partial charge on any atom is -0.494 e. The van der Waals surface area contributed by atoms with Crippen LogP contribution in [-0.4, -0.2) is 30.1 Å². The number of hydrogen-bond acceptors (Lipinski definition) is 6. The molecule has 6 nitrogen and oxygen atoms in total. The molecule has 2 aromatic carbocycles. The molecule has 0 fully saturated rings. The smallest absolute Gasteiger partial charge is 0.343 e. The molecule has 1 heterocycles. The maximum atomic E-state index is 12.6. The average Bonchev–Trinajstić information content (AvgIpc) is 3.04. The molecule has 0 aliphatic carbocycles. The van der Waals surface area contributed by atoms with Crippen molar-refractivity contribution in [3.05, 3.63) is 90.6 Å². The molecular formula is C37H47NO5. The van der Waals surface area contributed by atoms with Crippen LogP contribution in [0.3, 0.4) is 0 Å². The first-order valence-electron chi connectivity index (χ1n) is 15.9. The summed E-state index contributed by atoms with van der Waals surface area (Å²) in [5, 5.41) is 0. The molecule has 0 unspecified atom stereocenters. The fourth-order valence-electron chi connectivity index (χ4n) is 4.73. The van der Waals surface area contributed by atoms with E-state index >= 15 is 0 Å². The summed E-state index contributed by atoms with van der Waals surface area (Å²) in [4.78, 5) is 28.2. The molecule has 1 aromatic heterocycles. The lowest BCUT2D eigenvalue weighted by molar-refractivity contribution is -0.137. The van der Waals surface area contributed by atoms with Crippen LogP contribution in [0.15, 0.2) is 79.5 Å². The zero-order valence-corrected chi connectivity index (χ0v) is 25.7. The quantitative estimate of drug-likeness (QED) is 0.0537. The number of pyridine rings is 1. The predicted molar refractivity (Wildman–Crippen MR) is 173 cm³/mol. The third kappa shape index (κ3) is 13.3. The first-order chi connectivity index (χ1) is 21.1. The largest absolute Gasteiger partial charge is 0.494 e. The van der Waals surface area contributed by atoms with E-state index in [1.807, 2.05) is 30.5 Å². The lowest BCUT2D eigenvalue weighted by Crippen LogP contribution is -2.08. The van der Waals surface area contributed by atoms with E-state index in [0.717, 1.165) is 55.5 Å². The van der Waals surface area contributed by atoms with E-state index in [9.17, 15) is 9.59 Å². The molecule has 0 N–H and O–H groups in total. The predicted octanol–water partition coefficient (Wildman–Crippen LogP) is 9.32. The zero-order valence-electron chi connectivity index (χ0n) is 25.7. The number of aryl methyl sites for hydroxylation is 1. The van der Waals surface area contributed by atoms with Crippen LogP contribution in [0.4, 0.5) is 0 Å². The lowest BCUT2D eigenvalue weighted by atomic mass is 10.1. The van der Waals surface area contributed by atoms with Crippen molar-refractivity contribution in [2.24, 2.45) is 0 Å². The lowest BCUT2D eigenvalue weighted by Gasteiger charge is -2.08. The van der Waals surface area contributed by atoms with Gasteiger partial charge in [-0.3, -0.25) is 4.98 Å². The molecule has 0 aliphatic heterocycles. The maximum absolute atomic E-state index is 12.6. The van der Waals surface area contributed by atoms with Crippen molar-refractivity contribution in [1.82, 2.24) is 4.98 Å². The van der Waals surface area contributed by atoms with E-state index in [2.05, 4.69) is 30.6 Å². The van der Waals surface area contributed by atoms with Gasteiger partial charge < -0.3 is 14.2 Å². The van der Waals surface area contributed by atoms with Gasteiger partial charge in [0.05, 0.1) is 24.5 Å². The second-order valence-corrected chi connectivity index (χ2v) is 10.8. The second kappa shape index (κ2) is 20.1. The van der Waals surface area contributed by atoms with E-state index in [4.69, 9.17) is 14.2 Å². The second-order valence-electron chi connectivity index (χ2n) is 10.8. The standard InChI is InChI=1S/C37H47NO5/c1-3-5-6-13-16-30-17-26-35(38-29-30)31-18-24-34(25-19-31)43-37(40)32-20-22-33(23-21-32)41-27-14-11-9-7-8-10-12-15-28-42-36(39)4-2/h4,17-26,29H,2-3,5-16,27-28H2,1H3. The van der Waals surface area contributed by atoms with Gasteiger partial charge in [0, 0.05) is 17.8 Å². The number of benzene rings is 2. The number of esters is 2. The van der Waals surface area contributed by atoms with Crippen molar-refractivity contribution in [2.75, 3.05) is 13.2 Å². The number of hydrogen-bond donors (Lipinski definition) is 0. The van der Waals surface area contributed by atoms with Crippen molar-refractivity contribution >= 4 is 11.9 Å². The fraction of sp³-hybridized carbons (Fsp3) is 0.432. The normalized spacial score (nSPS) is 10.7. The highest BCUT2D eigenvalue weighted by molar-refractivity contribution is 5.91. The highest BCUT2D eigenvalue weighted by Crippen LogP contribution is 2.23. The summed E-state index contributed by atoms with van der Waals surface area (Å²) in [5.41, 5.74) is 3.64. The Kier molecular flexibility index (Phi) is 15.7. The number of ether oxygens (including phenoxy) is 3. The zero-order chi connectivity index (χ0) is 30.5. The monoisotopic (exact) mass is 585 g/mol. The first kappa shape index (κ1) is 33.6. The minimum absolute atomic E-state index is 0.346. The molecule has 0 saturated heterocycles. The molecule has 0 spiro atoms. The Labute approximate surface area is 257 Å².